The summed E-state index contributed by atoms with van der Waals surface area (Å²) >= 11 is 1.23. The van der Waals surface area contributed by atoms with Gasteiger partial charge in [0.15, 0.2) is 0 Å². The van der Waals surface area contributed by atoms with Gasteiger partial charge in [0.25, 0.3) is 0 Å². The van der Waals surface area contributed by atoms with Gasteiger partial charge in [0, 0.05) is 19.3 Å². The smallest absolute Gasteiger partial charge is 0.328 e. The van der Waals surface area contributed by atoms with Gasteiger partial charge in [0.1, 0.15) is 60.1 Å². The van der Waals surface area contributed by atoms with Crippen molar-refractivity contribution in [3.05, 3.63) is 102 Å². The first-order valence-electron chi connectivity index (χ1n) is 24.8. The lowest BCUT2D eigenvalue weighted by atomic mass is 10.0. The lowest BCUT2D eigenvalue weighted by molar-refractivity contribution is -0.144. The predicted octanol–water partition coefficient (Wildman–Crippen LogP) is -5.59. The van der Waals surface area contributed by atoms with Crippen LogP contribution in [0.3, 0.4) is 0 Å². The predicted molar refractivity (Wildman–Crippen MR) is 284 cm³/mol. The lowest BCUT2D eigenvalue weighted by Gasteiger charge is -2.28. The Labute approximate surface area is 462 Å². The Balaban J connectivity index is 1.86. The second-order valence-corrected chi connectivity index (χ2v) is 19.0. The van der Waals surface area contributed by atoms with E-state index in [1.807, 2.05) is 0 Å². The van der Waals surface area contributed by atoms with Gasteiger partial charge in [-0.1, -0.05) is 72.8 Å². The van der Waals surface area contributed by atoms with Gasteiger partial charge in [-0.05, 0) is 54.2 Å². The normalized spacial score (nSPS) is 14.7. The number of hydrogen-bond donors (Lipinski definition) is 17. The largest absolute Gasteiger partial charge is 0.508 e. The van der Waals surface area contributed by atoms with E-state index < -0.39 is 165 Å². The molecule has 0 heterocycles. The number of phenolic OH excluding ortho intramolecular Hbond substituents is 1. The summed E-state index contributed by atoms with van der Waals surface area (Å²) in [5.74, 6) is -13.1. The van der Waals surface area contributed by atoms with Crippen molar-refractivity contribution in [2.75, 3.05) is 38.4 Å². The van der Waals surface area contributed by atoms with E-state index in [1.165, 1.54) is 43.0 Å². The van der Waals surface area contributed by atoms with Crippen molar-refractivity contribution in [2.45, 2.75) is 99.5 Å². The Bertz CT molecular complexity index is 2580. The molecule has 0 spiro atoms. The zero-order valence-corrected chi connectivity index (χ0v) is 44.4. The average molecular weight is 1140 g/mol. The summed E-state index contributed by atoms with van der Waals surface area (Å²) < 4.78 is 0. The molecule has 0 radical (unpaired) electrons. The molecule has 3 aromatic rings. The molecule has 18 N–H and O–H groups in total. The number of thioether (sulfide) groups is 1. The molecule has 29 heteroatoms. The van der Waals surface area contributed by atoms with Crippen LogP contribution in [0.15, 0.2) is 84.9 Å². The zero-order valence-electron chi connectivity index (χ0n) is 43.5. The van der Waals surface area contributed by atoms with Crippen molar-refractivity contribution >= 4 is 76.9 Å². The van der Waals surface area contributed by atoms with E-state index in [0.29, 0.717) is 11.1 Å². The molecule has 0 aliphatic carbocycles. The van der Waals surface area contributed by atoms with Gasteiger partial charge in [-0.25, -0.2) is 4.79 Å². The minimum absolute atomic E-state index is 0.0441. The highest BCUT2D eigenvalue weighted by Gasteiger charge is 2.37. The highest BCUT2D eigenvalue weighted by molar-refractivity contribution is 7.98. The van der Waals surface area contributed by atoms with Crippen molar-refractivity contribution in [3.8, 4) is 5.75 Å². The maximum absolute atomic E-state index is 14.0. The quantitative estimate of drug-likeness (QED) is 0.0265. The van der Waals surface area contributed by atoms with Gasteiger partial charge >= 0.3 is 11.9 Å². The van der Waals surface area contributed by atoms with Crippen molar-refractivity contribution in [2.24, 2.45) is 5.73 Å². The van der Waals surface area contributed by atoms with E-state index in [2.05, 4.69) is 47.9 Å². The monoisotopic (exact) mass is 1140 g/mol. The van der Waals surface area contributed by atoms with Crippen LogP contribution in [0, 0.1) is 0 Å². The van der Waals surface area contributed by atoms with E-state index in [1.54, 1.807) is 66.9 Å². The van der Waals surface area contributed by atoms with E-state index in [0.717, 1.165) is 0 Å². The third-order valence-corrected chi connectivity index (χ3v) is 12.4. The highest BCUT2D eigenvalue weighted by atomic mass is 32.2. The fraction of sp³-hybridized carbons (Fsp3) is 0.431. The number of carbonyl (C=O) groups is 11. The number of carboxylic acids is 2. The molecule has 0 aliphatic rings. The van der Waals surface area contributed by atoms with Gasteiger partial charge in [-0.15, -0.1) is 0 Å². The van der Waals surface area contributed by atoms with Crippen molar-refractivity contribution in [1.82, 2.24) is 47.9 Å². The summed E-state index contributed by atoms with van der Waals surface area (Å²) in [7, 11) is 0. The maximum atomic E-state index is 14.0. The van der Waals surface area contributed by atoms with Crippen molar-refractivity contribution in [3.63, 3.8) is 0 Å². The molecule has 3 rings (SSSR count). The number of carbonyl (C=O) groups excluding carboxylic acids is 9. The summed E-state index contributed by atoms with van der Waals surface area (Å²) in [4.78, 5) is 146. The highest BCUT2D eigenvalue weighted by Crippen LogP contribution is 2.13. The maximum Gasteiger partial charge on any atom is 0.328 e. The Kier molecular flexibility index (Phi) is 28.0. The number of aliphatic carboxylic acids is 2. The van der Waals surface area contributed by atoms with E-state index in [4.69, 9.17) is 5.73 Å². The Morgan fingerprint density at radius 2 is 0.838 bits per heavy atom. The summed E-state index contributed by atoms with van der Waals surface area (Å²) in [6, 6.07) is 6.29. The molecule has 0 bridgehead atoms. The van der Waals surface area contributed by atoms with Crippen molar-refractivity contribution in [1.29, 1.82) is 0 Å². The van der Waals surface area contributed by atoms with E-state index in [9.17, 15) is 88.5 Å². The van der Waals surface area contributed by atoms with Gasteiger partial charge in [-0.2, -0.15) is 11.8 Å². The summed E-state index contributed by atoms with van der Waals surface area (Å²) in [5.41, 5.74) is 6.83. The molecule has 0 fully saturated rings. The molecule has 0 saturated heterocycles. The van der Waals surface area contributed by atoms with Gasteiger partial charge < -0.3 is 89.3 Å². The molecule has 0 saturated carbocycles. The first kappa shape index (κ1) is 66.1. The minimum Gasteiger partial charge on any atom is -0.508 e. The molecule has 0 aromatic heterocycles. The molecule has 9 amide bonds. The van der Waals surface area contributed by atoms with Gasteiger partial charge in [-0.3, -0.25) is 47.9 Å². The first-order valence-corrected chi connectivity index (χ1v) is 26.2. The average Bonchev–Trinajstić information content (AvgIpc) is 3.43. The van der Waals surface area contributed by atoms with Crippen LogP contribution in [0.1, 0.15) is 36.5 Å². The van der Waals surface area contributed by atoms with Gasteiger partial charge in [0.2, 0.25) is 53.2 Å². The van der Waals surface area contributed by atoms with Crippen LogP contribution >= 0.6 is 11.8 Å². The summed E-state index contributed by atoms with van der Waals surface area (Å²) in [6.07, 6.45) is -1.90. The van der Waals surface area contributed by atoms with Crippen LogP contribution in [0.5, 0.6) is 5.75 Å². The van der Waals surface area contributed by atoms with E-state index in [-0.39, 0.29) is 36.3 Å². The SMILES string of the molecule is CSCC[C@H](NC(=O)[C@H](CC(=O)O)NC(=O)[C@H](Cc1ccc(O)cc1)NC(=O)[C@H](CO)NC(=O)[C@H](CO)NC(=O)[C@H](Cc1ccccc1)NC(=O)[C@@H](NC(=O)[C@H](Cc1ccccc1)NC(=O)CN)[C@@H](C)O)C(=O)N[C@@H](CO)C(=O)O. The minimum atomic E-state index is -1.96. The summed E-state index contributed by atoms with van der Waals surface area (Å²) in [5, 5.41) is 90.3. The Morgan fingerprint density at radius 3 is 1.26 bits per heavy atom. The van der Waals surface area contributed by atoms with Crippen LogP contribution in [-0.4, -0.2) is 200 Å². The third kappa shape index (κ3) is 22.3. The fourth-order valence-corrected chi connectivity index (χ4v) is 7.94. The number of aliphatic hydroxyl groups excluding tert-OH is 4. The number of nitrogens with one attached hydrogen (secondary N) is 9. The standard InChI is InChI=1S/C51H68N10O18S/c1-27(65)42(61-47(74)33(53-40(67)23-52)19-28-9-5-3-6-10-28)50(77)57-35(20-29-11-7-4-8-12-29)45(72)58-38(25-63)49(76)59-37(24-62)48(75)55-34(21-30-13-15-31(66)16-14-30)44(71)56-36(22-41(68)69)46(73)54-32(17-18-80-2)43(70)60-39(26-64)51(78)79/h3-16,27,32-39,42,62-66H,17-26,52H2,1-2H3,(H,53,67)(H,54,73)(H,55,75)(H,56,71)(H,57,77)(H,58,72)(H,59,76)(H,60,70)(H,61,74)(H,68,69)(H,78,79)/t27-,32+,33+,34+,35+,36+,37+,38+,39+,42+/m1/s1. The molecule has 28 nitrogen and oxygen atoms in total. The number of aliphatic hydroxyl groups is 4. The molecule has 10 atom stereocenters. The van der Waals surface area contributed by atoms with Crippen LogP contribution < -0.4 is 53.6 Å². The first-order chi connectivity index (χ1) is 38.0. The second-order valence-electron chi connectivity index (χ2n) is 18.0. The number of aromatic hydroxyl groups is 1. The topological polar surface area (TPSA) is 464 Å². The number of nitrogens with two attached hydrogens (primary N) is 1. The second kappa shape index (κ2) is 33.9. The molecule has 0 unspecified atom stereocenters. The van der Waals surface area contributed by atoms with Crippen LogP contribution in [0.25, 0.3) is 0 Å². The number of benzene rings is 3. The Morgan fingerprint density at radius 1 is 0.475 bits per heavy atom. The molecule has 3 aromatic carbocycles. The fourth-order valence-electron chi connectivity index (χ4n) is 7.46. The molecule has 436 valence electrons. The molecular formula is C51H68N10O18S. The summed E-state index contributed by atoms with van der Waals surface area (Å²) in [6.45, 7) is -2.63. The number of phenols is 1. The molecular weight excluding hydrogens is 1070 g/mol. The van der Waals surface area contributed by atoms with E-state index >= 15 is 0 Å². The number of rotatable bonds is 34. The van der Waals surface area contributed by atoms with Crippen LogP contribution in [-0.2, 0) is 72.0 Å². The van der Waals surface area contributed by atoms with Crippen molar-refractivity contribution < 1.29 is 88.5 Å². The Hall–Kier alpha value is -8.22. The number of amides is 9. The van der Waals surface area contributed by atoms with Crippen LogP contribution in [0.2, 0.25) is 0 Å². The number of carboxylic acid groups (broad SMARTS) is 2. The molecule has 80 heavy (non-hydrogen) atoms. The third-order valence-electron chi connectivity index (χ3n) is 11.8. The number of hydrogen-bond acceptors (Lipinski definition) is 18. The van der Waals surface area contributed by atoms with Crippen LogP contribution in [0.4, 0.5) is 0 Å². The zero-order chi connectivity index (χ0) is 59.5. The molecule has 0 aliphatic heterocycles. The lowest BCUT2D eigenvalue weighted by Crippen LogP contribution is -2.62. The van der Waals surface area contributed by atoms with Gasteiger partial charge in [0.05, 0.1) is 38.9 Å².